The van der Waals surface area contributed by atoms with Gasteiger partial charge in [-0.15, -0.1) is 12.8 Å². The van der Waals surface area contributed by atoms with Crippen molar-refractivity contribution in [3.8, 4) is 59.2 Å². The Bertz CT molecular complexity index is 1390. The lowest BCUT2D eigenvalue weighted by Gasteiger charge is -2.16. The molecule has 0 aromatic heterocycles. The normalized spacial score (nSPS) is 10.3. The summed E-state index contributed by atoms with van der Waals surface area (Å²) in [6.07, 6.45) is 11.5. The maximum Gasteiger partial charge on any atom is 0.138 e. The molecule has 0 unspecified atom stereocenters. The summed E-state index contributed by atoms with van der Waals surface area (Å²) in [5.74, 6) is 6.86. The molecule has 0 heterocycles. The Kier molecular flexibility index (Phi) is 5.12. The topological polar surface area (TPSA) is 111 Å². The molecule has 0 saturated heterocycles. The van der Waals surface area contributed by atoms with Crippen LogP contribution in [0.2, 0.25) is 0 Å². The molecule has 0 spiro atoms. The third-order valence-corrected chi connectivity index (χ3v) is 4.84. The van der Waals surface area contributed by atoms with E-state index in [1.165, 1.54) is 24.3 Å². The van der Waals surface area contributed by atoms with E-state index in [9.17, 15) is 10.2 Å². The Morgan fingerprint density at radius 1 is 0.719 bits per heavy atom. The summed E-state index contributed by atoms with van der Waals surface area (Å²) in [6, 6.07) is 16.1. The van der Waals surface area contributed by atoms with Crippen molar-refractivity contribution in [1.29, 1.82) is 0 Å². The van der Waals surface area contributed by atoms with Gasteiger partial charge in [0, 0.05) is 28.5 Å². The zero-order valence-electron chi connectivity index (χ0n) is 16.8. The maximum atomic E-state index is 9.67. The number of hydrogen-bond acceptors (Lipinski definition) is 6. The van der Waals surface area contributed by atoms with Crippen LogP contribution in [-0.2, 0) is 0 Å². The standard InChI is InChI=1S/C26H18N2O4/c1-3-15-12-25(32-17-9-11-23(30)21(28)14-17)19-6-5-7-24(26(19)18(15)4-2)31-16-8-10-22(29)20(27)13-16/h1-2,5-14,29-30H,27-28H2. The van der Waals surface area contributed by atoms with Gasteiger partial charge in [-0.05, 0) is 36.4 Å². The quantitative estimate of drug-likeness (QED) is 0.210. The molecule has 6 N–H and O–H groups in total. The van der Waals surface area contributed by atoms with Crippen molar-refractivity contribution in [2.24, 2.45) is 0 Å². The highest BCUT2D eigenvalue weighted by molar-refractivity contribution is 5.99. The third-order valence-electron chi connectivity index (χ3n) is 4.84. The van der Waals surface area contributed by atoms with E-state index < -0.39 is 0 Å². The first kappa shape index (κ1) is 20.3. The van der Waals surface area contributed by atoms with Gasteiger partial charge in [0.1, 0.15) is 34.5 Å². The van der Waals surface area contributed by atoms with Gasteiger partial charge >= 0.3 is 0 Å². The van der Waals surface area contributed by atoms with Crippen molar-refractivity contribution in [3.63, 3.8) is 0 Å². The van der Waals surface area contributed by atoms with Crippen molar-refractivity contribution in [2.45, 2.75) is 0 Å². The molecule has 0 bridgehead atoms. The van der Waals surface area contributed by atoms with Gasteiger partial charge in [0.2, 0.25) is 0 Å². The average Bonchev–Trinajstić information content (AvgIpc) is 2.78. The van der Waals surface area contributed by atoms with Gasteiger partial charge in [-0.3, -0.25) is 0 Å². The van der Waals surface area contributed by atoms with Crippen molar-refractivity contribution < 1.29 is 19.7 Å². The van der Waals surface area contributed by atoms with Crippen LogP contribution in [0.1, 0.15) is 11.1 Å². The van der Waals surface area contributed by atoms with Crippen molar-refractivity contribution >= 4 is 22.1 Å². The summed E-state index contributed by atoms with van der Waals surface area (Å²) in [7, 11) is 0. The number of aromatic hydroxyl groups is 2. The third kappa shape index (κ3) is 3.65. The van der Waals surface area contributed by atoms with E-state index in [-0.39, 0.29) is 22.9 Å². The molecule has 4 aromatic carbocycles. The lowest BCUT2D eigenvalue weighted by molar-refractivity contribution is 0.467. The van der Waals surface area contributed by atoms with Gasteiger partial charge in [-0.25, -0.2) is 0 Å². The zero-order valence-corrected chi connectivity index (χ0v) is 16.8. The molecule has 6 nitrogen and oxygen atoms in total. The number of hydrogen-bond donors (Lipinski definition) is 4. The molecule has 156 valence electrons. The summed E-state index contributed by atoms with van der Waals surface area (Å²) in [4.78, 5) is 0. The number of nitrogens with two attached hydrogens (primary N) is 2. The largest absolute Gasteiger partial charge is 0.506 e. The van der Waals surface area contributed by atoms with Crippen molar-refractivity contribution in [3.05, 3.63) is 71.8 Å². The summed E-state index contributed by atoms with van der Waals surface area (Å²) in [5.41, 5.74) is 12.8. The minimum absolute atomic E-state index is 0.0435. The number of nitrogen functional groups attached to an aromatic ring is 2. The molecule has 32 heavy (non-hydrogen) atoms. The molecular formula is C26H18N2O4. The van der Waals surface area contributed by atoms with E-state index in [1.807, 2.05) is 6.07 Å². The molecule has 0 radical (unpaired) electrons. The van der Waals surface area contributed by atoms with Gasteiger partial charge in [0.15, 0.2) is 0 Å². The van der Waals surface area contributed by atoms with Crippen LogP contribution in [0.15, 0.2) is 60.7 Å². The van der Waals surface area contributed by atoms with Crippen LogP contribution in [0.3, 0.4) is 0 Å². The number of terminal acetylenes is 2. The lowest BCUT2D eigenvalue weighted by Crippen LogP contribution is -1.96. The molecule has 0 aliphatic carbocycles. The van der Waals surface area contributed by atoms with Crippen LogP contribution in [-0.4, -0.2) is 10.2 Å². The highest BCUT2D eigenvalue weighted by Crippen LogP contribution is 2.41. The van der Waals surface area contributed by atoms with E-state index in [0.29, 0.717) is 44.9 Å². The lowest BCUT2D eigenvalue weighted by atomic mass is 9.97. The van der Waals surface area contributed by atoms with E-state index in [4.69, 9.17) is 33.8 Å². The van der Waals surface area contributed by atoms with Gasteiger partial charge in [-0.1, -0.05) is 24.0 Å². The fourth-order valence-corrected chi connectivity index (χ4v) is 3.29. The second-order valence-corrected chi connectivity index (χ2v) is 6.91. The molecule has 4 aromatic rings. The molecule has 0 atom stereocenters. The minimum atomic E-state index is -0.0435. The number of benzene rings is 4. The first-order chi connectivity index (χ1) is 15.4. The number of fused-ring (bicyclic) bond motifs is 1. The predicted molar refractivity (Wildman–Crippen MR) is 125 cm³/mol. The summed E-state index contributed by atoms with van der Waals surface area (Å²) < 4.78 is 12.1. The molecule has 6 heteroatoms. The van der Waals surface area contributed by atoms with Crippen LogP contribution in [0.5, 0.6) is 34.5 Å². The highest BCUT2D eigenvalue weighted by Gasteiger charge is 2.17. The molecule has 0 fully saturated rings. The molecule has 0 saturated carbocycles. The van der Waals surface area contributed by atoms with Gasteiger partial charge in [0.25, 0.3) is 0 Å². The van der Waals surface area contributed by atoms with Crippen LogP contribution in [0.4, 0.5) is 11.4 Å². The fourth-order valence-electron chi connectivity index (χ4n) is 3.29. The summed E-state index contributed by atoms with van der Waals surface area (Å²) >= 11 is 0. The smallest absolute Gasteiger partial charge is 0.138 e. The van der Waals surface area contributed by atoms with Gasteiger partial charge in [-0.2, -0.15) is 0 Å². The number of ether oxygens (including phenoxy) is 2. The zero-order chi connectivity index (χ0) is 22.8. The minimum Gasteiger partial charge on any atom is -0.506 e. The monoisotopic (exact) mass is 422 g/mol. The maximum absolute atomic E-state index is 9.67. The number of anilines is 2. The van der Waals surface area contributed by atoms with E-state index >= 15 is 0 Å². The number of rotatable bonds is 4. The predicted octanol–water partition coefficient (Wildman–Crippen LogP) is 4.96. The Morgan fingerprint density at radius 3 is 1.84 bits per heavy atom. The van der Waals surface area contributed by atoms with Crippen molar-refractivity contribution in [1.82, 2.24) is 0 Å². The first-order valence-electron chi connectivity index (χ1n) is 9.47. The van der Waals surface area contributed by atoms with Crippen LogP contribution in [0.25, 0.3) is 10.8 Å². The second-order valence-electron chi connectivity index (χ2n) is 6.91. The van der Waals surface area contributed by atoms with E-state index in [0.717, 1.165) is 0 Å². The Labute approximate surface area is 184 Å². The summed E-state index contributed by atoms with van der Waals surface area (Å²) in [5, 5.41) is 20.6. The SMILES string of the molecule is C#Cc1cc(Oc2ccc(O)c(N)c2)c2cccc(Oc3ccc(O)c(N)c3)c2c1C#C. The molecule has 0 aliphatic rings. The highest BCUT2D eigenvalue weighted by atomic mass is 16.5. The molecular weight excluding hydrogens is 404 g/mol. The van der Waals surface area contributed by atoms with E-state index in [2.05, 4.69) is 11.8 Å². The van der Waals surface area contributed by atoms with Crippen LogP contribution < -0.4 is 20.9 Å². The Balaban J connectivity index is 1.90. The van der Waals surface area contributed by atoms with Gasteiger partial charge in [0.05, 0.1) is 16.9 Å². The molecule has 0 amide bonds. The van der Waals surface area contributed by atoms with Crippen LogP contribution in [0, 0.1) is 24.7 Å². The van der Waals surface area contributed by atoms with Crippen LogP contribution >= 0.6 is 0 Å². The number of phenolic OH excluding ortho intramolecular Hbond substituents is 2. The van der Waals surface area contributed by atoms with E-state index in [1.54, 1.807) is 30.3 Å². The fraction of sp³-hybridized carbons (Fsp3) is 0. The number of phenols is 2. The molecule has 0 aliphatic heterocycles. The second kappa shape index (κ2) is 8.06. The Morgan fingerprint density at radius 2 is 1.31 bits per heavy atom. The Hall–Kier alpha value is -4.94. The average molecular weight is 422 g/mol. The molecule has 4 rings (SSSR count). The first-order valence-corrected chi connectivity index (χ1v) is 9.47. The van der Waals surface area contributed by atoms with Crippen molar-refractivity contribution in [2.75, 3.05) is 11.5 Å². The van der Waals surface area contributed by atoms with Gasteiger partial charge < -0.3 is 31.2 Å². The summed E-state index contributed by atoms with van der Waals surface area (Å²) in [6.45, 7) is 0.